The van der Waals surface area contributed by atoms with Gasteiger partial charge in [-0.3, -0.25) is 5.41 Å². The zero-order valence-corrected chi connectivity index (χ0v) is 18.8. The van der Waals surface area contributed by atoms with Gasteiger partial charge in [-0.25, -0.2) is 4.79 Å². The minimum atomic E-state index is -4.93. The fourth-order valence-electron chi connectivity index (χ4n) is 3.40. The van der Waals surface area contributed by atoms with Crippen molar-refractivity contribution in [3.63, 3.8) is 0 Å². The van der Waals surface area contributed by atoms with Gasteiger partial charge in [0.15, 0.2) is 0 Å². The van der Waals surface area contributed by atoms with Crippen LogP contribution in [0, 0.1) is 5.41 Å². The van der Waals surface area contributed by atoms with Crippen molar-refractivity contribution in [2.75, 3.05) is 25.1 Å². The summed E-state index contributed by atoms with van der Waals surface area (Å²) in [6.45, 7) is 2.01. The number of ether oxygens (including phenoxy) is 1. The summed E-state index contributed by atoms with van der Waals surface area (Å²) in [5, 5.41) is 26.6. The Bertz CT molecular complexity index is 1080. The number of carboxylic acid groups (broad SMARTS) is 1. The lowest BCUT2D eigenvalue weighted by Crippen LogP contribution is -2.23. The maximum Gasteiger partial charge on any atom is 0.433 e. The van der Waals surface area contributed by atoms with E-state index in [1.807, 2.05) is 0 Å². The zero-order valence-electron chi connectivity index (χ0n) is 18.8. The molecule has 2 aromatic rings. The number of aromatic carboxylic acids is 1. The second-order valence-corrected chi connectivity index (χ2v) is 7.72. The molecule has 3 N–H and O–H groups in total. The molecule has 35 heavy (non-hydrogen) atoms. The van der Waals surface area contributed by atoms with Crippen molar-refractivity contribution in [1.29, 1.82) is 5.41 Å². The Morgan fingerprint density at radius 3 is 2.26 bits per heavy atom. The average Bonchev–Trinajstić information content (AvgIpc) is 2.76. The first-order valence-electron chi connectivity index (χ1n) is 10.5. The lowest BCUT2D eigenvalue weighted by molar-refractivity contribution is -0.138. The normalized spacial score (nSPS) is 11.9. The van der Waals surface area contributed by atoms with Gasteiger partial charge in [-0.05, 0) is 43.2 Å². The van der Waals surface area contributed by atoms with Gasteiger partial charge in [0.1, 0.15) is 17.2 Å². The van der Waals surface area contributed by atoms with E-state index in [2.05, 4.69) is 0 Å². The number of phenols is 1. The van der Waals surface area contributed by atoms with Crippen molar-refractivity contribution in [2.45, 2.75) is 38.5 Å². The van der Waals surface area contributed by atoms with Gasteiger partial charge in [0, 0.05) is 30.4 Å². The van der Waals surface area contributed by atoms with E-state index in [4.69, 9.17) is 15.3 Å². The lowest BCUT2D eigenvalue weighted by atomic mass is 10.00. The highest BCUT2D eigenvalue weighted by molar-refractivity contribution is 6.04. The largest absolute Gasteiger partial charge is 0.507 e. The third-order valence-electron chi connectivity index (χ3n) is 5.17. The van der Waals surface area contributed by atoms with E-state index in [1.165, 1.54) is 24.1 Å². The van der Waals surface area contributed by atoms with Gasteiger partial charge in [0.25, 0.3) is 0 Å². The van der Waals surface area contributed by atoms with Gasteiger partial charge in [0.05, 0.1) is 17.7 Å². The Balaban J connectivity index is 2.11. The molecule has 6 nitrogen and oxygen atoms in total. The molecule has 2 rings (SSSR count). The van der Waals surface area contributed by atoms with Gasteiger partial charge in [-0.2, -0.15) is 26.3 Å². The average molecular weight is 506 g/mol. The van der Waals surface area contributed by atoms with Crippen LogP contribution in [0.5, 0.6) is 11.5 Å². The molecular weight excluding hydrogens is 482 g/mol. The molecule has 0 radical (unpaired) electrons. The molecule has 0 aromatic heterocycles. The van der Waals surface area contributed by atoms with Crippen molar-refractivity contribution < 1.29 is 46.1 Å². The number of carboxylic acids is 1. The number of carbonyl (C=O) groups is 1. The number of aromatic hydroxyl groups is 1. The Kier molecular flexibility index (Phi) is 8.64. The number of alkyl halides is 6. The smallest absolute Gasteiger partial charge is 0.433 e. The second kappa shape index (κ2) is 10.9. The third kappa shape index (κ3) is 6.80. The van der Waals surface area contributed by atoms with Crippen LogP contribution in [0.4, 0.5) is 32.0 Å². The van der Waals surface area contributed by atoms with Crippen molar-refractivity contribution in [2.24, 2.45) is 0 Å². The first kappa shape index (κ1) is 27.8. The molecule has 0 fully saturated rings. The minimum Gasteiger partial charge on any atom is -0.507 e. The minimum absolute atomic E-state index is 0.0376. The fourth-order valence-corrected chi connectivity index (χ4v) is 3.40. The molecule has 12 heteroatoms. The topological polar surface area (TPSA) is 93.9 Å². The lowest BCUT2D eigenvalue weighted by Gasteiger charge is -2.22. The Morgan fingerprint density at radius 1 is 1.09 bits per heavy atom. The molecule has 0 aliphatic carbocycles. The molecule has 2 aromatic carbocycles. The molecule has 0 spiro atoms. The maximum absolute atomic E-state index is 13.2. The predicted octanol–water partition coefficient (Wildman–Crippen LogP) is 5.90. The molecule has 192 valence electrons. The number of halogens is 6. The molecule has 0 aliphatic heterocycles. The van der Waals surface area contributed by atoms with E-state index in [-0.39, 0.29) is 36.6 Å². The summed E-state index contributed by atoms with van der Waals surface area (Å²) in [7, 11) is 1.52. The number of hydrogen-bond acceptors (Lipinski definition) is 5. The maximum atomic E-state index is 13.2. The van der Waals surface area contributed by atoms with Crippen LogP contribution < -0.4 is 9.64 Å². The second-order valence-electron chi connectivity index (χ2n) is 7.72. The molecule has 0 saturated heterocycles. The summed E-state index contributed by atoms with van der Waals surface area (Å²) in [5.41, 5.74) is -4.18. The number of hydrogen-bond donors (Lipinski definition) is 3. The summed E-state index contributed by atoms with van der Waals surface area (Å²) in [4.78, 5) is 12.6. The Hall–Kier alpha value is -3.44. The first-order chi connectivity index (χ1) is 16.2. The van der Waals surface area contributed by atoms with Crippen LogP contribution in [0.15, 0.2) is 30.3 Å². The van der Waals surface area contributed by atoms with Gasteiger partial charge in [-0.15, -0.1) is 0 Å². The van der Waals surface area contributed by atoms with Gasteiger partial charge < -0.3 is 19.8 Å². The van der Waals surface area contributed by atoms with Crippen LogP contribution in [-0.2, 0) is 12.6 Å². The summed E-state index contributed by atoms with van der Waals surface area (Å²) >= 11 is 0. The molecule has 0 atom stereocenters. The van der Waals surface area contributed by atoms with Crippen LogP contribution >= 0.6 is 0 Å². The molecule has 0 saturated carbocycles. The monoisotopic (exact) mass is 506 g/mol. The number of nitrogens with zero attached hydrogens (tertiary/aromatic N) is 1. The quantitative estimate of drug-likeness (QED) is 0.212. The molecular formula is C23H24F6N2O4. The first-order valence-corrected chi connectivity index (χ1v) is 10.5. The summed E-state index contributed by atoms with van der Waals surface area (Å²) in [5.74, 6) is -2.22. The molecule has 0 bridgehead atoms. The standard InChI is InChI=1S/C23H24F6N2O4/c1-3-5-15-18(9-8-16(19(15)32)20(30)23(27,28)29)35-11-4-10-31(2)13-6-7-14(21(33)34)17(12-13)22(24,25)26/h6-9,12,30,32H,3-5,10-11H2,1-2H3,(H,33,34). The number of nitrogens with one attached hydrogen (secondary N) is 1. The fraction of sp³-hybridized carbons (Fsp3) is 0.391. The van der Waals surface area contributed by atoms with Crippen LogP contribution in [0.1, 0.15) is 46.8 Å². The van der Waals surface area contributed by atoms with Crippen molar-refractivity contribution in [3.05, 3.63) is 52.6 Å². The van der Waals surface area contributed by atoms with Crippen molar-refractivity contribution in [1.82, 2.24) is 0 Å². The van der Waals surface area contributed by atoms with Crippen LogP contribution in [0.2, 0.25) is 0 Å². The van der Waals surface area contributed by atoms with Gasteiger partial charge in [-0.1, -0.05) is 13.3 Å². The molecule has 0 aliphatic rings. The number of phenolic OH excluding ortho intramolecular Hbond substituents is 1. The van der Waals surface area contributed by atoms with Crippen molar-refractivity contribution >= 4 is 17.4 Å². The molecule has 0 amide bonds. The summed E-state index contributed by atoms with van der Waals surface area (Å²) in [6, 6.07) is 5.08. The molecule has 0 heterocycles. The van der Waals surface area contributed by atoms with Crippen LogP contribution in [-0.4, -0.2) is 48.3 Å². The Labute approximate surface area is 197 Å². The van der Waals surface area contributed by atoms with Crippen LogP contribution in [0.25, 0.3) is 0 Å². The van der Waals surface area contributed by atoms with E-state index in [0.717, 1.165) is 18.2 Å². The molecule has 0 unspecified atom stereocenters. The third-order valence-corrected chi connectivity index (χ3v) is 5.17. The number of anilines is 1. The van der Waals surface area contributed by atoms with Gasteiger partial charge >= 0.3 is 18.3 Å². The summed E-state index contributed by atoms with van der Waals surface area (Å²) < 4.78 is 83.9. The SMILES string of the molecule is CCCc1c(OCCCN(C)c2ccc(C(=O)O)c(C(F)(F)F)c2)ccc(C(=N)C(F)(F)F)c1O. The number of benzene rings is 2. The Morgan fingerprint density at radius 2 is 1.71 bits per heavy atom. The van der Waals surface area contributed by atoms with E-state index >= 15 is 0 Å². The predicted molar refractivity (Wildman–Crippen MR) is 117 cm³/mol. The van der Waals surface area contributed by atoms with Gasteiger partial charge in [0.2, 0.25) is 0 Å². The van der Waals surface area contributed by atoms with Crippen LogP contribution in [0.3, 0.4) is 0 Å². The van der Waals surface area contributed by atoms with E-state index in [0.29, 0.717) is 12.8 Å². The van der Waals surface area contributed by atoms with Crippen molar-refractivity contribution in [3.8, 4) is 11.5 Å². The van der Waals surface area contributed by atoms with E-state index in [9.17, 15) is 36.2 Å². The highest BCUT2D eigenvalue weighted by atomic mass is 19.4. The summed E-state index contributed by atoms with van der Waals surface area (Å²) in [6.07, 6.45) is -8.78. The highest BCUT2D eigenvalue weighted by Gasteiger charge is 2.38. The number of rotatable bonds is 10. The van der Waals surface area contributed by atoms with E-state index in [1.54, 1.807) is 6.92 Å². The van der Waals surface area contributed by atoms with E-state index < -0.39 is 46.5 Å². The highest BCUT2D eigenvalue weighted by Crippen LogP contribution is 2.36. The zero-order chi connectivity index (χ0) is 26.6.